The van der Waals surface area contributed by atoms with Crippen LogP contribution in [0.3, 0.4) is 0 Å². The zero-order valence-electron chi connectivity index (χ0n) is 40.7. The van der Waals surface area contributed by atoms with Crippen molar-refractivity contribution in [2.24, 2.45) is 11.7 Å². The number of carbonyl (C=O) groups excluding carboxylic acids is 7. The number of nitrogens with one attached hydrogen (secondary N) is 2. The van der Waals surface area contributed by atoms with E-state index in [0.717, 1.165) is 32.7 Å². The lowest BCUT2D eigenvalue weighted by atomic mass is 9.83. The Morgan fingerprint density at radius 3 is 2.50 bits per heavy atom. The summed E-state index contributed by atoms with van der Waals surface area (Å²) in [6.45, 7) is 6.43. The molecule has 4 aliphatic heterocycles. The smallest absolute Gasteiger partial charge is 0.409 e. The predicted molar refractivity (Wildman–Crippen MR) is 256 cm³/mol. The third kappa shape index (κ3) is 13.2. The minimum atomic E-state index is -1.90. The minimum Gasteiger partial charge on any atom is -0.495 e. The number of anilines is 1. The fourth-order valence-electron chi connectivity index (χ4n) is 8.77. The molecule has 0 spiro atoms. The molecule has 5 rings (SSSR count). The fraction of sp³-hybridized carbons (Fsp3) is 0.617. The molecule has 1 aromatic carbocycles. The lowest BCUT2D eigenvalue weighted by Crippen LogP contribution is -2.63. The van der Waals surface area contributed by atoms with Gasteiger partial charge < -0.3 is 54.7 Å². The molecule has 1 aromatic rings. The molecule has 23 heteroatoms. The molecule has 386 valence electrons. The lowest BCUT2D eigenvalue weighted by molar-refractivity contribution is -0.162. The van der Waals surface area contributed by atoms with E-state index in [9.17, 15) is 48.6 Å². The Hall–Kier alpha value is -5.26. The van der Waals surface area contributed by atoms with Crippen LogP contribution < -0.4 is 26.0 Å². The second-order valence-electron chi connectivity index (χ2n) is 18.3. The molecular weight excluding hydrogens is 956 g/mol. The van der Waals surface area contributed by atoms with Crippen LogP contribution in [0.25, 0.3) is 0 Å². The van der Waals surface area contributed by atoms with Crippen LogP contribution >= 0.6 is 23.4 Å². The van der Waals surface area contributed by atoms with Crippen molar-refractivity contribution in [1.82, 2.24) is 20.4 Å². The highest BCUT2D eigenvalue weighted by Gasteiger charge is 2.64. The van der Waals surface area contributed by atoms with Crippen molar-refractivity contribution >= 4 is 76.6 Å². The average molecular weight is 1020 g/mol. The van der Waals surface area contributed by atoms with Gasteiger partial charge in [0.05, 0.1) is 30.6 Å². The number of nitrogens with zero attached hydrogens (tertiary/aromatic N) is 3. The van der Waals surface area contributed by atoms with Crippen LogP contribution in [0.4, 0.5) is 10.5 Å². The molecule has 70 heavy (non-hydrogen) atoms. The number of amides is 6. The van der Waals surface area contributed by atoms with Gasteiger partial charge in [0.1, 0.15) is 53.3 Å². The van der Waals surface area contributed by atoms with Gasteiger partial charge in [0.2, 0.25) is 29.5 Å². The van der Waals surface area contributed by atoms with Crippen LogP contribution in [-0.2, 0) is 58.9 Å². The van der Waals surface area contributed by atoms with Crippen LogP contribution in [-0.4, -0.2) is 168 Å². The van der Waals surface area contributed by atoms with E-state index >= 15 is 0 Å². The third-order valence-corrected chi connectivity index (χ3v) is 14.8. The number of nitrogens with two attached hydrogens (primary N) is 1. The molecule has 4 heterocycles. The summed E-state index contributed by atoms with van der Waals surface area (Å²) < 4.78 is 29.3. The summed E-state index contributed by atoms with van der Waals surface area (Å²) in [5, 5.41) is 25.4. The zero-order chi connectivity index (χ0) is 51.8. The van der Waals surface area contributed by atoms with E-state index in [4.69, 9.17) is 41.0 Å². The Bertz CT molecular complexity index is 2250. The number of aliphatic carboxylic acids is 1. The molecule has 0 aromatic heterocycles. The number of allylic oxidation sites excluding steroid dienone is 3. The van der Waals surface area contributed by atoms with Crippen LogP contribution in [0.1, 0.15) is 78.2 Å². The number of epoxide rings is 1. The molecular formula is C47H65ClN6O15S. The van der Waals surface area contributed by atoms with Crippen LogP contribution in [0.2, 0.25) is 5.02 Å². The number of carboxylic acid groups (broad SMARTS) is 1. The Balaban J connectivity index is 1.30. The number of esters is 1. The largest absolute Gasteiger partial charge is 0.495 e. The Morgan fingerprint density at radius 2 is 1.84 bits per heavy atom. The van der Waals surface area contributed by atoms with Gasteiger partial charge in [0, 0.05) is 52.1 Å². The Kier molecular flexibility index (Phi) is 18.9. The first-order chi connectivity index (χ1) is 33.0. The number of alkyl carbamates (subject to hydrolysis) is 1. The van der Waals surface area contributed by atoms with Crippen LogP contribution in [0.5, 0.6) is 5.75 Å². The summed E-state index contributed by atoms with van der Waals surface area (Å²) in [6.07, 6.45) is 0.915. The Morgan fingerprint density at radius 1 is 1.13 bits per heavy atom. The quantitative estimate of drug-likeness (QED) is 0.0648. The SMILES string of the molecule is COc1cc2cc(c1Cl)N(C)C(=O)C[C@H](OC(=O)[C@H](C)N(C)C(=O)CCSC1CC(=O)N(CC(=O)NC(CCCCN)C(=O)O)C1=O)[C@]1(C)O[C@H]1[C@H](C)[C@@H]1C[C@@](O)(NC(=O)O1)[C@H](OC)/C=C/C=C(\C)C2. The van der Waals surface area contributed by atoms with Crippen LogP contribution in [0, 0.1) is 5.92 Å². The molecule has 21 nitrogen and oxygen atoms in total. The number of ether oxygens (including phenoxy) is 5. The van der Waals surface area contributed by atoms with Gasteiger partial charge in [-0.1, -0.05) is 42.3 Å². The number of thioether (sulfide) groups is 1. The first-order valence-corrected chi connectivity index (χ1v) is 24.4. The summed E-state index contributed by atoms with van der Waals surface area (Å²) in [5.41, 5.74) is 4.19. The number of aliphatic hydroxyl groups is 1. The van der Waals surface area contributed by atoms with Crippen molar-refractivity contribution in [3.05, 3.63) is 46.5 Å². The molecule has 0 aliphatic carbocycles. The number of benzene rings is 1. The normalized spacial score (nSPS) is 29.1. The van der Waals surface area contributed by atoms with Crippen LogP contribution in [0.15, 0.2) is 35.9 Å². The monoisotopic (exact) mass is 1020 g/mol. The first-order valence-electron chi connectivity index (χ1n) is 23.0. The predicted octanol–water partition coefficient (Wildman–Crippen LogP) is 2.46. The second kappa shape index (κ2) is 23.8. The maximum absolute atomic E-state index is 14.3. The average Bonchev–Trinajstić information content (AvgIpc) is 3.94. The molecule has 3 fully saturated rings. The highest BCUT2D eigenvalue weighted by molar-refractivity contribution is 8.00. The van der Waals surface area contributed by atoms with Crippen molar-refractivity contribution in [2.45, 2.75) is 132 Å². The molecule has 10 atom stereocenters. The maximum Gasteiger partial charge on any atom is 0.409 e. The topological polar surface area (TPSA) is 286 Å². The van der Waals surface area contributed by atoms with Gasteiger partial charge in [-0.25, -0.2) is 14.4 Å². The maximum atomic E-state index is 14.3. The third-order valence-electron chi connectivity index (χ3n) is 13.2. The molecule has 6 N–H and O–H groups in total. The van der Waals surface area contributed by atoms with E-state index in [1.165, 1.54) is 40.1 Å². The van der Waals surface area contributed by atoms with Crippen molar-refractivity contribution in [2.75, 3.05) is 52.1 Å². The number of methoxy groups -OCH3 is 2. The number of hydrogen-bond acceptors (Lipinski definition) is 16. The number of carbonyl (C=O) groups is 8. The number of hydrogen-bond donors (Lipinski definition) is 5. The summed E-state index contributed by atoms with van der Waals surface area (Å²) in [5.74, 6) is -5.47. The molecule has 6 amide bonds. The molecule has 2 unspecified atom stereocenters. The van der Waals surface area contributed by atoms with Gasteiger partial charge in [0.15, 0.2) is 5.72 Å². The highest BCUT2D eigenvalue weighted by Crippen LogP contribution is 2.49. The highest BCUT2D eigenvalue weighted by atomic mass is 35.5. The number of likely N-dealkylation sites (tertiary alicyclic amines) is 1. The second-order valence-corrected chi connectivity index (χ2v) is 20.0. The van der Waals surface area contributed by atoms with Gasteiger partial charge in [-0.2, -0.15) is 0 Å². The van der Waals surface area contributed by atoms with Gasteiger partial charge in [-0.05, 0) is 70.7 Å². The summed E-state index contributed by atoms with van der Waals surface area (Å²) in [7, 11) is 5.77. The number of unbranched alkanes of at least 4 members (excludes halogenated alkanes) is 1. The van der Waals surface area contributed by atoms with Gasteiger partial charge >= 0.3 is 18.0 Å². The Labute approximate surface area is 416 Å². The van der Waals surface area contributed by atoms with Crippen molar-refractivity contribution in [1.29, 1.82) is 0 Å². The molecule has 0 saturated carbocycles. The first kappa shape index (κ1) is 55.7. The van der Waals surface area contributed by atoms with Crippen molar-refractivity contribution < 1.29 is 72.3 Å². The summed E-state index contributed by atoms with van der Waals surface area (Å²) >= 11 is 7.82. The number of likely N-dealkylation sites (N-methyl/N-ethyl adjacent to an activating group) is 1. The lowest BCUT2D eigenvalue weighted by Gasteiger charge is -2.42. The number of rotatable bonds is 17. The minimum absolute atomic E-state index is 0.0635. The van der Waals surface area contributed by atoms with Crippen molar-refractivity contribution in [3.8, 4) is 5.75 Å². The van der Waals surface area contributed by atoms with Crippen molar-refractivity contribution in [3.63, 3.8) is 0 Å². The van der Waals surface area contributed by atoms with Gasteiger partial charge in [0.25, 0.3) is 0 Å². The molecule has 3 saturated heterocycles. The fourth-order valence-corrected chi connectivity index (χ4v) is 10.2. The van der Waals surface area contributed by atoms with E-state index in [1.807, 2.05) is 13.0 Å². The number of carboxylic acids is 1. The summed E-state index contributed by atoms with van der Waals surface area (Å²) in [6, 6.07) is 1.09. The van der Waals surface area contributed by atoms with E-state index in [-0.39, 0.29) is 36.5 Å². The molecule has 4 aliphatic rings. The molecule has 4 bridgehead atoms. The van der Waals surface area contributed by atoms with E-state index in [0.29, 0.717) is 37.2 Å². The molecule has 0 radical (unpaired) electrons. The van der Waals surface area contributed by atoms with Gasteiger partial charge in [-0.15, -0.1) is 11.8 Å². The summed E-state index contributed by atoms with van der Waals surface area (Å²) in [4.78, 5) is 108. The zero-order valence-corrected chi connectivity index (χ0v) is 42.3. The number of fused-ring (bicyclic) bond motifs is 5. The van der Waals surface area contributed by atoms with E-state index < -0.39 is 120 Å². The standard InChI is InChI=1S/C47H65ClN6O15S/c1-25-12-11-14-34(66-8)47(64)23-32(67-45(63)51-47)26(2)41-46(4,69-41)35(22-38(57)53(6)30-19-28(18-25)20-31(65-7)40(30)48)68-44(62)27(3)52(5)37(56)15-17-70-33-21-39(58)54(42(33)59)24-36(55)50-29(43(60)61)13-9-10-16-49/h11-12,14,19-20,26-27,29,32-35,41,64H,9-10,13,15-18,21-24,49H2,1-8H3,(H,50,55)(H,51,63)(H,60,61)/b14-11+,25-12+/t26-,27+,29?,32+,33?,34-,35+,41+,46+,47+/m1/s1. The van der Waals surface area contributed by atoms with E-state index in [1.54, 1.807) is 38.1 Å². The number of halogens is 1. The van der Waals surface area contributed by atoms with E-state index in [2.05, 4.69) is 10.6 Å². The van der Waals surface area contributed by atoms with Gasteiger partial charge in [-0.3, -0.25) is 34.2 Å². The number of imide groups is 1.